The molecule has 3 nitrogen and oxygen atoms in total. The zero-order valence-corrected chi connectivity index (χ0v) is 12.3. The third-order valence-corrected chi connectivity index (χ3v) is 3.20. The van der Waals surface area contributed by atoms with Gasteiger partial charge in [-0.05, 0) is 23.8 Å². The standard InChI is InChI=1S/C16H26N2O/c1-4-8-14(17)15(19)18-12-16(2,3)11-13-9-6-5-7-10-13/h5-7,9-10,14H,4,8,11-12,17H2,1-3H3,(H,18,19). The third-order valence-electron chi connectivity index (χ3n) is 3.20. The van der Waals surface area contributed by atoms with E-state index in [4.69, 9.17) is 5.73 Å². The summed E-state index contributed by atoms with van der Waals surface area (Å²) in [6.07, 6.45) is 2.62. The van der Waals surface area contributed by atoms with Crippen molar-refractivity contribution in [3.63, 3.8) is 0 Å². The lowest BCUT2D eigenvalue weighted by molar-refractivity contribution is -0.122. The summed E-state index contributed by atoms with van der Waals surface area (Å²) in [5.74, 6) is -0.0389. The summed E-state index contributed by atoms with van der Waals surface area (Å²) in [6.45, 7) is 7.00. The molecule has 0 aliphatic rings. The number of carbonyl (C=O) groups is 1. The highest BCUT2D eigenvalue weighted by atomic mass is 16.2. The Kier molecular flexibility index (Phi) is 6.03. The van der Waals surface area contributed by atoms with E-state index in [1.54, 1.807) is 0 Å². The minimum absolute atomic E-state index is 0.0307. The Balaban J connectivity index is 2.44. The molecular weight excluding hydrogens is 236 g/mol. The number of carbonyl (C=O) groups excluding carboxylic acids is 1. The van der Waals surface area contributed by atoms with Crippen LogP contribution in [-0.2, 0) is 11.2 Å². The van der Waals surface area contributed by atoms with E-state index in [1.165, 1.54) is 5.56 Å². The number of amides is 1. The highest BCUT2D eigenvalue weighted by Gasteiger charge is 2.21. The minimum atomic E-state index is -0.377. The second-order valence-corrected chi connectivity index (χ2v) is 5.94. The van der Waals surface area contributed by atoms with Crippen molar-refractivity contribution in [3.05, 3.63) is 35.9 Å². The van der Waals surface area contributed by atoms with Gasteiger partial charge in [0.05, 0.1) is 6.04 Å². The molecule has 1 aromatic carbocycles. The summed E-state index contributed by atoms with van der Waals surface area (Å²) in [4.78, 5) is 11.8. The van der Waals surface area contributed by atoms with Gasteiger partial charge in [0.2, 0.25) is 5.91 Å². The summed E-state index contributed by atoms with van der Waals surface area (Å²) in [7, 11) is 0. The molecule has 3 heteroatoms. The minimum Gasteiger partial charge on any atom is -0.354 e. The van der Waals surface area contributed by atoms with Gasteiger partial charge in [0.25, 0.3) is 0 Å². The number of nitrogens with one attached hydrogen (secondary N) is 1. The predicted molar refractivity (Wildman–Crippen MR) is 79.8 cm³/mol. The van der Waals surface area contributed by atoms with Crippen molar-refractivity contribution in [2.24, 2.45) is 11.1 Å². The van der Waals surface area contributed by atoms with Gasteiger partial charge >= 0.3 is 0 Å². The molecule has 1 amide bonds. The Labute approximate surface area is 116 Å². The third kappa shape index (κ3) is 5.88. The molecule has 3 N–H and O–H groups in total. The topological polar surface area (TPSA) is 55.1 Å². The molecule has 0 saturated carbocycles. The average Bonchev–Trinajstić information content (AvgIpc) is 2.37. The summed E-state index contributed by atoms with van der Waals surface area (Å²) in [5, 5.41) is 2.96. The van der Waals surface area contributed by atoms with Crippen LogP contribution in [0.2, 0.25) is 0 Å². The molecule has 1 unspecified atom stereocenters. The van der Waals surface area contributed by atoms with Gasteiger partial charge in [0.1, 0.15) is 0 Å². The summed E-state index contributed by atoms with van der Waals surface area (Å²) < 4.78 is 0. The van der Waals surface area contributed by atoms with Crippen LogP contribution in [0.1, 0.15) is 39.2 Å². The first kappa shape index (κ1) is 15.7. The van der Waals surface area contributed by atoms with Gasteiger partial charge in [0, 0.05) is 6.54 Å². The molecule has 1 aromatic rings. The van der Waals surface area contributed by atoms with Crippen LogP contribution in [0.15, 0.2) is 30.3 Å². The molecule has 0 aliphatic heterocycles. The monoisotopic (exact) mass is 262 g/mol. The van der Waals surface area contributed by atoms with Gasteiger partial charge in [-0.15, -0.1) is 0 Å². The molecule has 19 heavy (non-hydrogen) atoms. The van der Waals surface area contributed by atoms with Crippen molar-refractivity contribution in [1.29, 1.82) is 0 Å². The van der Waals surface area contributed by atoms with E-state index in [9.17, 15) is 4.79 Å². The lowest BCUT2D eigenvalue weighted by atomic mass is 9.85. The van der Waals surface area contributed by atoms with Gasteiger partial charge in [-0.3, -0.25) is 4.79 Å². The van der Waals surface area contributed by atoms with Gasteiger partial charge in [0.15, 0.2) is 0 Å². The maximum atomic E-state index is 11.8. The Morgan fingerprint density at radius 2 is 1.95 bits per heavy atom. The highest BCUT2D eigenvalue weighted by molar-refractivity contribution is 5.81. The van der Waals surface area contributed by atoms with E-state index in [0.717, 1.165) is 19.3 Å². The van der Waals surface area contributed by atoms with Crippen molar-refractivity contribution in [3.8, 4) is 0 Å². The zero-order chi connectivity index (χ0) is 14.3. The molecule has 0 bridgehead atoms. The molecule has 1 rings (SSSR count). The fraction of sp³-hybridized carbons (Fsp3) is 0.562. The van der Waals surface area contributed by atoms with E-state index in [-0.39, 0.29) is 17.4 Å². The van der Waals surface area contributed by atoms with Crippen molar-refractivity contribution < 1.29 is 4.79 Å². The zero-order valence-electron chi connectivity index (χ0n) is 12.3. The van der Waals surface area contributed by atoms with Crippen LogP contribution in [0.3, 0.4) is 0 Å². The highest BCUT2D eigenvalue weighted by Crippen LogP contribution is 2.20. The molecule has 106 valence electrons. The van der Waals surface area contributed by atoms with Crippen molar-refractivity contribution in [2.75, 3.05) is 6.54 Å². The van der Waals surface area contributed by atoms with Gasteiger partial charge in [-0.25, -0.2) is 0 Å². The second-order valence-electron chi connectivity index (χ2n) is 5.94. The normalized spacial score (nSPS) is 13.1. The van der Waals surface area contributed by atoms with Crippen LogP contribution < -0.4 is 11.1 Å². The van der Waals surface area contributed by atoms with E-state index >= 15 is 0 Å². The Morgan fingerprint density at radius 3 is 2.53 bits per heavy atom. The van der Waals surface area contributed by atoms with Crippen LogP contribution in [0.5, 0.6) is 0 Å². The first-order valence-corrected chi connectivity index (χ1v) is 7.02. The second kappa shape index (κ2) is 7.29. The lowest BCUT2D eigenvalue weighted by Gasteiger charge is -2.26. The summed E-state index contributed by atoms with van der Waals surface area (Å²) in [5.41, 5.74) is 7.12. The molecule has 0 aromatic heterocycles. The van der Waals surface area contributed by atoms with Gasteiger partial charge in [-0.2, -0.15) is 0 Å². The fourth-order valence-corrected chi connectivity index (χ4v) is 2.11. The first-order chi connectivity index (χ1) is 8.94. The quantitative estimate of drug-likeness (QED) is 0.793. The van der Waals surface area contributed by atoms with Crippen LogP contribution in [-0.4, -0.2) is 18.5 Å². The maximum Gasteiger partial charge on any atom is 0.236 e. The predicted octanol–water partition coefficient (Wildman–Crippen LogP) is 2.50. The molecule has 0 saturated heterocycles. The number of rotatable bonds is 7. The average molecular weight is 262 g/mol. The summed E-state index contributed by atoms with van der Waals surface area (Å²) >= 11 is 0. The van der Waals surface area contributed by atoms with Gasteiger partial charge < -0.3 is 11.1 Å². The van der Waals surface area contributed by atoms with Crippen molar-refractivity contribution in [2.45, 2.75) is 46.1 Å². The van der Waals surface area contributed by atoms with Crippen molar-refractivity contribution >= 4 is 5.91 Å². The van der Waals surface area contributed by atoms with Crippen molar-refractivity contribution in [1.82, 2.24) is 5.32 Å². The van der Waals surface area contributed by atoms with Crippen LogP contribution in [0, 0.1) is 5.41 Å². The Bertz CT molecular complexity index is 387. The largest absolute Gasteiger partial charge is 0.354 e. The van der Waals surface area contributed by atoms with Crippen LogP contribution in [0.25, 0.3) is 0 Å². The summed E-state index contributed by atoms with van der Waals surface area (Å²) in [6, 6.07) is 9.96. The molecule has 0 fully saturated rings. The van der Waals surface area contributed by atoms with E-state index < -0.39 is 0 Å². The molecule has 0 spiro atoms. The molecule has 0 aliphatic carbocycles. The molecular formula is C16H26N2O. The van der Waals surface area contributed by atoms with Gasteiger partial charge in [-0.1, -0.05) is 57.5 Å². The maximum absolute atomic E-state index is 11.8. The molecule has 0 heterocycles. The SMILES string of the molecule is CCCC(N)C(=O)NCC(C)(C)Cc1ccccc1. The lowest BCUT2D eigenvalue weighted by Crippen LogP contribution is -2.44. The Hall–Kier alpha value is -1.35. The Morgan fingerprint density at radius 1 is 1.32 bits per heavy atom. The van der Waals surface area contributed by atoms with E-state index in [1.807, 2.05) is 25.1 Å². The number of hydrogen-bond donors (Lipinski definition) is 2. The smallest absolute Gasteiger partial charge is 0.236 e. The van der Waals surface area contributed by atoms with E-state index in [2.05, 4.69) is 31.3 Å². The first-order valence-electron chi connectivity index (χ1n) is 7.02. The fourth-order valence-electron chi connectivity index (χ4n) is 2.11. The molecule has 0 radical (unpaired) electrons. The number of hydrogen-bond acceptors (Lipinski definition) is 2. The van der Waals surface area contributed by atoms with Crippen LogP contribution in [0.4, 0.5) is 0 Å². The molecule has 1 atom stereocenters. The van der Waals surface area contributed by atoms with E-state index in [0.29, 0.717) is 6.54 Å². The van der Waals surface area contributed by atoms with Crippen LogP contribution >= 0.6 is 0 Å². The number of nitrogens with two attached hydrogens (primary N) is 1. The number of benzene rings is 1.